The first kappa shape index (κ1) is 8.99. The molecule has 0 amide bonds. The zero-order valence-electron chi connectivity index (χ0n) is 6.74. The molecule has 12 heavy (non-hydrogen) atoms. The fourth-order valence-electron chi connectivity index (χ4n) is 1.27. The van der Waals surface area contributed by atoms with Crippen LogP contribution in [0.3, 0.4) is 0 Å². The van der Waals surface area contributed by atoms with Gasteiger partial charge in [-0.05, 0) is 12.8 Å². The molecular formula is C7H11NO4. The van der Waals surface area contributed by atoms with Crippen LogP contribution in [0, 0.1) is 0 Å². The van der Waals surface area contributed by atoms with Crippen molar-refractivity contribution in [1.82, 2.24) is 5.32 Å². The number of carbonyl (C=O) groups is 2. The quantitative estimate of drug-likeness (QED) is 0.543. The molecule has 1 aliphatic rings. The van der Waals surface area contributed by atoms with E-state index in [0.717, 1.165) is 0 Å². The summed E-state index contributed by atoms with van der Waals surface area (Å²) < 4.78 is 4.47. The number of methoxy groups -OCH3 is 1. The van der Waals surface area contributed by atoms with Gasteiger partial charge in [0.1, 0.15) is 12.1 Å². The number of nitrogens with one attached hydrogen (secondary N) is 1. The third-order valence-corrected chi connectivity index (χ3v) is 1.93. The van der Waals surface area contributed by atoms with Crippen molar-refractivity contribution in [3.63, 3.8) is 0 Å². The number of hydrogen-bond donors (Lipinski definition) is 2. The first-order chi connectivity index (χ1) is 5.65. The largest absolute Gasteiger partial charge is 0.480 e. The highest BCUT2D eigenvalue weighted by molar-refractivity contribution is 5.80. The molecule has 0 aliphatic carbocycles. The maximum Gasteiger partial charge on any atom is 0.322 e. The van der Waals surface area contributed by atoms with Crippen molar-refractivity contribution in [3.8, 4) is 0 Å². The van der Waals surface area contributed by atoms with E-state index in [2.05, 4.69) is 10.1 Å². The fourth-order valence-corrected chi connectivity index (χ4v) is 1.27. The molecule has 0 aromatic rings. The van der Waals surface area contributed by atoms with Gasteiger partial charge in [0.25, 0.3) is 0 Å². The summed E-state index contributed by atoms with van der Waals surface area (Å²) in [5, 5.41) is 11.2. The van der Waals surface area contributed by atoms with Crippen molar-refractivity contribution in [1.29, 1.82) is 0 Å². The Kier molecular flexibility index (Phi) is 2.65. The van der Waals surface area contributed by atoms with Gasteiger partial charge >= 0.3 is 11.9 Å². The molecule has 0 radical (unpaired) electrons. The third kappa shape index (κ3) is 1.73. The van der Waals surface area contributed by atoms with E-state index >= 15 is 0 Å². The van der Waals surface area contributed by atoms with Crippen molar-refractivity contribution in [3.05, 3.63) is 0 Å². The predicted molar refractivity (Wildman–Crippen MR) is 39.6 cm³/mol. The Labute approximate surface area is 69.7 Å². The van der Waals surface area contributed by atoms with E-state index in [1.54, 1.807) is 0 Å². The lowest BCUT2D eigenvalue weighted by atomic mass is 10.2. The standard InChI is InChI=1S/C7H11NO4/c1-12-7(11)5-3-2-4(8-5)6(9)10/h4-5,8H,2-3H2,1H3,(H,9,10)/t4-,5-/m0/s1. The second-order valence-corrected chi connectivity index (χ2v) is 2.71. The van der Waals surface area contributed by atoms with Gasteiger partial charge in [0.05, 0.1) is 7.11 Å². The van der Waals surface area contributed by atoms with Crippen LogP contribution in [-0.4, -0.2) is 36.2 Å². The Balaban J connectivity index is 2.45. The van der Waals surface area contributed by atoms with E-state index in [1.807, 2.05) is 0 Å². The minimum absolute atomic E-state index is 0.390. The normalized spacial score (nSPS) is 28.4. The number of carboxylic acids is 1. The van der Waals surface area contributed by atoms with Gasteiger partial charge in [0.2, 0.25) is 0 Å². The van der Waals surface area contributed by atoms with E-state index in [1.165, 1.54) is 7.11 Å². The molecular weight excluding hydrogens is 162 g/mol. The highest BCUT2D eigenvalue weighted by Crippen LogP contribution is 2.13. The van der Waals surface area contributed by atoms with Crippen molar-refractivity contribution in [2.75, 3.05) is 7.11 Å². The van der Waals surface area contributed by atoms with Gasteiger partial charge in [-0.3, -0.25) is 14.9 Å². The molecule has 1 heterocycles. The number of carbonyl (C=O) groups excluding carboxylic acids is 1. The number of aliphatic carboxylic acids is 1. The first-order valence-electron chi connectivity index (χ1n) is 3.72. The van der Waals surface area contributed by atoms with Crippen LogP contribution < -0.4 is 5.32 Å². The maximum absolute atomic E-state index is 10.9. The Bertz CT molecular complexity index is 204. The SMILES string of the molecule is COC(=O)[C@@H]1CC[C@@H](C(=O)O)N1. The van der Waals surface area contributed by atoms with Crippen LogP contribution >= 0.6 is 0 Å². The first-order valence-corrected chi connectivity index (χ1v) is 3.72. The van der Waals surface area contributed by atoms with Crippen LogP contribution in [0.25, 0.3) is 0 Å². The fraction of sp³-hybridized carbons (Fsp3) is 0.714. The van der Waals surface area contributed by atoms with E-state index in [4.69, 9.17) is 5.11 Å². The molecule has 0 aromatic carbocycles. The van der Waals surface area contributed by atoms with E-state index in [9.17, 15) is 9.59 Å². The lowest BCUT2D eigenvalue weighted by Gasteiger charge is -2.08. The summed E-state index contributed by atoms with van der Waals surface area (Å²) in [6.07, 6.45) is 1.01. The van der Waals surface area contributed by atoms with Gasteiger partial charge in [-0.15, -0.1) is 0 Å². The van der Waals surface area contributed by atoms with Crippen LogP contribution in [0.15, 0.2) is 0 Å². The molecule has 0 saturated carbocycles. The average Bonchev–Trinajstić information content (AvgIpc) is 2.51. The van der Waals surface area contributed by atoms with E-state index < -0.39 is 24.0 Å². The topological polar surface area (TPSA) is 75.6 Å². The highest BCUT2D eigenvalue weighted by atomic mass is 16.5. The van der Waals surface area contributed by atoms with Gasteiger partial charge in [0, 0.05) is 0 Å². The Hall–Kier alpha value is -1.10. The predicted octanol–water partition coefficient (Wildman–Crippen LogP) is -0.635. The molecule has 0 spiro atoms. The zero-order valence-corrected chi connectivity index (χ0v) is 6.74. The molecule has 5 heteroatoms. The lowest BCUT2D eigenvalue weighted by Crippen LogP contribution is -2.39. The number of rotatable bonds is 2. The smallest absolute Gasteiger partial charge is 0.322 e. The van der Waals surface area contributed by atoms with Crippen molar-refractivity contribution in [2.24, 2.45) is 0 Å². The molecule has 0 aromatic heterocycles. The third-order valence-electron chi connectivity index (χ3n) is 1.93. The van der Waals surface area contributed by atoms with Gasteiger partial charge in [-0.2, -0.15) is 0 Å². The number of esters is 1. The van der Waals surface area contributed by atoms with Crippen molar-refractivity contribution < 1.29 is 19.4 Å². The monoisotopic (exact) mass is 173 g/mol. The molecule has 1 fully saturated rings. The second kappa shape index (κ2) is 3.53. The number of ether oxygens (including phenoxy) is 1. The van der Waals surface area contributed by atoms with Crippen LogP contribution in [0.2, 0.25) is 0 Å². The summed E-state index contributed by atoms with van der Waals surface area (Å²) in [6, 6.07) is -1.05. The van der Waals surface area contributed by atoms with Gasteiger partial charge in [-0.25, -0.2) is 0 Å². The molecule has 1 aliphatic heterocycles. The Morgan fingerprint density at radius 1 is 1.42 bits per heavy atom. The minimum atomic E-state index is -0.915. The van der Waals surface area contributed by atoms with Crippen molar-refractivity contribution in [2.45, 2.75) is 24.9 Å². The number of hydrogen-bond acceptors (Lipinski definition) is 4. The van der Waals surface area contributed by atoms with Gasteiger partial charge < -0.3 is 9.84 Å². The highest BCUT2D eigenvalue weighted by Gasteiger charge is 2.33. The lowest BCUT2D eigenvalue weighted by molar-refractivity contribution is -0.143. The number of carboxylic acid groups (broad SMARTS) is 1. The molecule has 1 saturated heterocycles. The summed E-state index contributed by atoms with van der Waals surface area (Å²) in [6.45, 7) is 0. The second-order valence-electron chi connectivity index (χ2n) is 2.71. The van der Waals surface area contributed by atoms with E-state index in [-0.39, 0.29) is 0 Å². The van der Waals surface area contributed by atoms with Crippen LogP contribution in [0.5, 0.6) is 0 Å². The summed E-state index contributed by atoms with van der Waals surface area (Å²) in [7, 11) is 1.29. The molecule has 1 rings (SSSR count). The van der Waals surface area contributed by atoms with Gasteiger partial charge in [0.15, 0.2) is 0 Å². The molecule has 2 N–H and O–H groups in total. The van der Waals surface area contributed by atoms with Crippen LogP contribution in [-0.2, 0) is 14.3 Å². The Morgan fingerprint density at radius 2 is 2.00 bits per heavy atom. The molecule has 0 bridgehead atoms. The van der Waals surface area contributed by atoms with Crippen molar-refractivity contribution >= 4 is 11.9 Å². The summed E-state index contributed by atoms with van der Waals surface area (Å²) >= 11 is 0. The summed E-state index contributed by atoms with van der Waals surface area (Å²) in [5.74, 6) is -1.31. The molecule has 5 nitrogen and oxygen atoms in total. The summed E-state index contributed by atoms with van der Waals surface area (Å²) in [4.78, 5) is 21.3. The Morgan fingerprint density at radius 3 is 2.42 bits per heavy atom. The minimum Gasteiger partial charge on any atom is -0.480 e. The summed E-state index contributed by atoms with van der Waals surface area (Å²) in [5.41, 5.74) is 0. The molecule has 0 unspecified atom stereocenters. The van der Waals surface area contributed by atoms with Crippen LogP contribution in [0.4, 0.5) is 0 Å². The maximum atomic E-state index is 10.9. The molecule has 68 valence electrons. The van der Waals surface area contributed by atoms with Crippen LogP contribution in [0.1, 0.15) is 12.8 Å². The van der Waals surface area contributed by atoms with E-state index in [0.29, 0.717) is 12.8 Å². The average molecular weight is 173 g/mol. The van der Waals surface area contributed by atoms with Gasteiger partial charge in [-0.1, -0.05) is 0 Å². The molecule has 2 atom stereocenters. The zero-order chi connectivity index (χ0) is 9.14.